The number of carbonyl (C=O) groups is 2. The van der Waals surface area contributed by atoms with Gasteiger partial charge >= 0.3 is 0 Å². The summed E-state index contributed by atoms with van der Waals surface area (Å²) in [5.74, 6) is -0.162. The predicted molar refractivity (Wildman–Crippen MR) is 113 cm³/mol. The molecule has 1 aliphatic rings. The molecule has 0 saturated carbocycles. The first kappa shape index (κ1) is 20.5. The van der Waals surface area contributed by atoms with E-state index in [-0.39, 0.29) is 28.4 Å². The minimum absolute atomic E-state index is 0.0372. The minimum atomic E-state index is -0.563. The Morgan fingerprint density at radius 1 is 1.07 bits per heavy atom. The predicted octanol–water partition coefficient (Wildman–Crippen LogP) is 3.03. The molecule has 146 valence electrons. The van der Waals surface area contributed by atoms with Crippen molar-refractivity contribution in [2.45, 2.75) is 0 Å². The average Bonchev–Trinajstić information content (AvgIpc) is 2.75. The number of ether oxygens (including phenoxy) is 1. The summed E-state index contributed by atoms with van der Waals surface area (Å²) in [5, 5.41) is 20.6. The van der Waals surface area contributed by atoms with Crippen LogP contribution >= 0.6 is 12.2 Å². The lowest BCUT2D eigenvalue weighted by Gasteiger charge is -2.27. The summed E-state index contributed by atoms with van der Waals surface area (Å²) < 4.78 is 5.71. The van der Waals surface area contributed by atoms with Crippen LogP contribution < -0.4 is 10.1 Å². The third kappa shape index (κ3) is 4.25. The third-order valence-corrected chi connectivity index (χ3v) is 4.48. The van der Waals surface area contributed by atoms with Gasteiger partial charge in [-0.15, -0.1) is 6.58 Å². The van der Waals surface area contributed by atoms with Crippen molar-refractivity contribution in [3.8, 4) is 23.6 Å². The highest BCUT2D eigenvalue weighted by molar-refractivity contribution is 7.80. The van der Waals surface area contributed by atoms with Crippen LogP contribution in [0.5, 0.6) is 11.5 Å². The molecular formula is C22H14N4O3S. The maximum absolute atomic E-state index is 12.5. The van der Waals surface area contributed by atoms with E-state index in [1.807, 2.05) is 12.1 Å². The van der Waals surface area contributed by atoms with Crippen LogP contribution in [0, 0.1) is 22.7 Å². The van der Waals surface area contributed by atoms with Crippen LogP contribution in [0.2, 0.25) is 0 Å². The summed E-state index contributed by atoms with van der Waals surface area (Å²) in [7, 11) is 0. The van der Waals surface area contributed by atoms with Gasteiger partial charge in [0.1, 0.15) is 29.2 Å². The molecule has 7 nitrogen and oxygen atoms in total. The summed E-state index contributed by atoms with van der Waals surface area (Å²) in [6.07, 6.45) is 2.99. The van der Waals surface area contributed by atoms with Gasteiger partial charge in [0.2, 0.25) is 0 Å². The SMILES string of the molecule is C=CCN1C(=O)/C(=C\c2ccc(Oc3ccc(C#N)c(C#N)c3)cc2)C(=O)NC1=S. The van der Waals surface area contributed by atoms with Crippen LogP contribution in [0.1, 0.15) is 16.7 Å². The molecule has 3 rings (SSSR count). The summed E-state index contributed by atoms with van der Waals surface area (Å²) in [5.41, 5.74) is 1.07. The molecule has 0 unspecified atom stereocenters. The number of thiocarbonyl (C=S) groups is 1. The first-order valence-electron chi connectivity index (χ1n) is 8.68. The molecule has 1 aliphatic heterocycles. The van der Waals surface area contributed by atoms with Gasteiger partial charge < -0.3 is 4.74 Å². The van der Waals surface area contributed by atoms with E-state index in [9.17, 15) is 9.59 Å². The molecule has 2 amide bonds. The van der Waals surface area contributed by atoms with E-state index >= 15 is 0 Å². The number of hydrogen-bond donors (Lipinski definition) is 1. The molecule has 1 N–H and O–H groups in total. The molecule has 8 heteroatoms. The van der Waals surface area contributed by atoms with E-state index in [4.69, 9.17) is 27.5 Å². The Hall–Kier alpha value is -4.27. The fraction of sp³-hybridized carbons (Fsp3) is 0.0455. The third-order valence-electron chi connectivity index (χ3n) is 4.16. The van der Waals surface area contributed by atoms with E-state index < -0.39 is 11.8 Å². The first-order chi connectivity index (χ1) is 14.5. The second kappa shape index (κ2) is 8.82. The zero-order chi connectivity index (χ0) is 21.7. The van der Waals surface area contributed by atoms with Gasteiger partial charge in [-0.25, -0.2) is 0 Å². The fourth-order valence-electron chi connectivity index (χ4n) is 2.70. The largest absolute Gasteiger partial charge is 0.457 e. The van der Waals surface area contributed by atoms with E-state index in [1.165, 1.54) is 29.2 Å². The van der Waals surface area contributed by atoms with Crippen LogP contribution in [-0.2, 0) is 9.59 Å². The Kier molecular flexibility index (Phi) is 6.02. The maximum Gasteiger partial charge on any atom is 0.265 e. The van der Waals surface area contributed by atoms with E-state index in [0.717, 1.165) is 0 Å². The standard InChI is InChI=1S/C22H14N4O3S/c1-2-9-26-21(28)19(20(27)25-22(26)30)10-14-3-6-17(7-4-14)29-18-8-5-15(12-23)16(11-18)13-24/h2-8,10-11H,1,9H2,(H,25,27,30)/b19-10-. The fourth-order valence-corrected chi connectivity index (χ4v) is 2.95. The van der Waals surface area contributed by atoms with Crippen molar-refractivity contribution in [1.82, 2.24) is 10.2 Å². The van der Waals surface area contributed by atoms with Gasteiger partial charge in [-0.1, -0.05) is 18.2 Å². The van der Waals surface area contributed by atoms with Gasteiger partial charge in [0.25, 0.3) is 11.8 Å². The van der Waals surface area contributed by atoms with Crippen LogP contribution in [0.25, 0.3) is 6.08 Å². The smallest absolute Gasteiger partial charge is 0.265 e. The summed E-state index contributed by atoms with van der Waals surface area (Å²) in [4.78, 5) is 26.0. The van der Waals surface area contributed by atoms with E-state index in [0.29, 0.717) is 17.1 Å². The molecule has 0 spiro atoms. The Balaban J connectivity index is 1.80. The quantitative estimate of drug-likeness (QED) is 0.349. The second-order valence-corrected chi connectivity index (χ2v) is 6.51. The molecule has 1 saturated heterocycles. The normalized spacial score (nSPS) is 14.7. The molecular weight excluding hydrogens is 400 g/mol. The topological polar surface area (TPSA) is 106 Å². The molecule has 2 aromatic carbocycles. The van der Waals surface area contributed by atoms with E-state index in [2.05, 4.69) is 11.9 Å². The Morgan fingerprint density at radius 3 is 2.37 bits per heavy atom. The Labute approximate surface area is 178 Å². The van der Waals surface area contributed by atoms with Gasteiger partial charge in [0.05, 0.1) is 11.1 Å². The molecule has 1 heterocycles. The Bertz CT molecular complexity index is 1170. The highest BCUT2D eigenvalue weighted by atomic mass is 32.1. The number of amides is 2. The van der Waals surface area contributed by atoms with Crippen molar-refractivity contribution in [2.24, 2.45) is 0 Å². The van der Waals surface area contributed by atoms with E-state index in [1.54, 1.807) is 30.3 Å². The monoisotopic (exact) mass is 414 g/mol. The number of nitrogens with zero attached hydrogens (tertiary/aromatic N) is 3. The highest BCUT2D eigenvalue weighted by Crippen LogP contribution is 2.25. The molecule has 0 aromatic heterocycles. The summed E-state index contributed by atoms with van der Waals surface area (Å²) >= 11 is 5.02. The van der Waals surface area contributed by atoms with Gasteiger partial charge in [-0.05, 0) is 54.2 Å². The molecule has 0 bridgehead atoms. The lowest BCUT2D eigenvalue weighted by Crippen LogP contribution is -2.53. The van der Waals surface area contributed by atoms with Crippen LogP contribution in [0.15, 0.2) is 60.7 Å². The van der Waals surface area contributed by atoms with Crippen LogP contribution in [0.4, 0.5) is 0 Å². The van der Waals surface area contributed by atoms with Gasteiger partial charge in [-0.3, -0.25) is 19.8 Å². The average molecular weight is 414 g/mol. The van der Waals surface area contributed by atoms with Crippen LogP contribution in [-0.4, -0.2) is 28.4 Å². The molecule has 2 aromatic rings. The molecule has 0 aliphatic carbocycles. The molecule has 30 heavy (non-hydrogen) atoms. The molecule has 1 fully saturated rings. The van der Waals surface area contributed by atoms with Gasteiger partial charge in [0, 0.05) is 6.54 Å². The zero-order valence-corrected chi connectivity index (χ0v) is 16.4. The number of nitriles is 2. The van der Waals surface area contributed by atoms with Crippen molar-refractivity contribution < 1.29 is 14.3 Å². The Morgan fingerprint density at radius 2 is 1.73 bits per heavy atom. The van der Waals surface area contributed by atoms with Gasteiger partial charge in [0.15, 0.2) is 5.11 Å². The minimum Gasteiger partial charge on any atom is -0.457 e. The van der Waals surface area contributed by atoms with Crippen molar-refractivity contribution in [3.63, 3.8) is 0 Å². The number of nitrogens with one attached hydrogen (secondary N) is 1. The van der Waals surface area contributed by atoms with Crippen molar-refractivity contribution in [2.75, 3.05) is 6.54 Å². The van der Waals surface area contributed by atoms with Crippen LogP contribution in [0.3, 0.4) is 0 Å². The number of hydrogen-bond acceptors (Lipinski definition) is 6. The van der Waals surface area contributed by atoms with Crippen molar-refractivity contribution in [3.05, 3.63) is 77.4 Å². The molecule has 0 radical (unpaired) electrons. The van der Waals surface area contributed by atoms with Crippen molar-refractivity contribution >= 4 is 35.2 Å². The summed E-state index contributed by atoms with van der Waals surface area (Å²) in [6.45, 7) is 3.77. The second-order valence-electron chi connectivity index (χ2n) is 6.12. The molecule has 0 atom stereocenters. The number of rotatable bonds is 5. The number of benzene rings is 2. The highest BCUT2D eigenvalue weighted by Gasteiger charge is 2.32. The maximum atomic E-state index is 12.5. The lowest BCUT2D eigenvalue weighted by atomic mass is 10.1. The number of carbonyl (C=O) groups excluding carboxylic acids is 2. The summed E-state index contributed by atoms with van der Waals surface area (Å²) in [6, 6.07) is 15.2. The van der Waals surface area contributed by atoms with Crippen molar-refractivity contribution in [1.29, 1.82) is 10.5 Å². The van der Waals surface area contributed by atoms with Gasteiger partial charge in [-0.2, -0.15) is 10.5 Å². The first-order valence-corrected chi connectivity index (χ1v) is 9.09. The zero-order valence-electron chi connectivity index (χ0n) is 15.6. The lowest BCUT2D eigenvalue weighted by molar-refractivity contribution is -0.128.